The molecule has 0 aliphatic heterocycles. The molecule has 4 heteroatoms. The molecule has 3 N–H and O–H groups in total. The van der Waals surface area contributed by atoms with Gasteiger partial charge in [0.25, 0.3) is 0 Å². The number of nitrogens with one attached hydrogen (secondary N) is 1. The molecular formula is C9H17N3O. The summed E-state index contributed by atoms with van der Waals surface area (Å²) < 4.78 is 4.98. The molecule has 0 heterocycles. The average Bonchev–Trinajstić information content (AvgIpc) is 2.11. The van der Waals surface area contributed by atoms with Gasteiger partial charge in [0.2, 0.25) is 0 Å². The van der Waals surface area contributed by atoms with E-state index in [0.717, 1.165) is 5.57 Å². The van der Waals surface area contributed by atoms with Crippen LogP contribution in [0.5, 0.6) is 0 Å². The van der Waals surface area contributed by atoms with Crippen LogP contribution in [0.3, 0.4) is 0 Å². The van der Waals surface area contributed by atoms with Crippen LogP contribution in [0.15, 0.2) is 28.7 Å². The zero-order chi connectivity index (χ0) is 10.4. The van der Waals surface area contributed by atoms with Gasteiger partial charge in [0.05, 0.1) is 7.11 Å². The number of rotatable bonds is 4. The molecule has 0 aromatic heterocycles. The molecule has 4 nitrogen and oxygen atoms in total. The molecule has 0 radical (unpaired) electrons. The van der Waals surface area contributed by atoms with Gasteiger partial charge in [-0.2, -0.15) is 5.10 Å². The fourth-order valence-corrected chi connectivity index (χ4v) is 0.751. The standard InChI is InChI=1S/C9H17N3O/c1-6(7(2)10)9(12-11-4)8(3)13-5/h11H,3,10H2,1-2,4-5H3. The number of ether oxygens (including phenoxy) is 1. The molecule has 0 aromatic carbocycles. The van der Waals surface area contributed by atoms with Crippen molar-refractivity contribution in [1.29, 1.82) is 0 Å². The predicted molar refractivity (Wildman–Crippen MR) is 55.2 cm³/mol. The summed E-state index contributed by atoms with van der Waals surface area (Å²) in [5.74, 6) is 0.497. The number of nitrogens with zero attached hydrogens (tertiary/aromatic N) is 1. The lowest BCUT2D eigenvalue weighted by Crippen LogP contribution is -2.14. The van der Waals surface area contributed by atoms with E-state index in [1.165, 1.54) is 0 Å². The highest BCUT2D eigenvalue weighted by molar-refractivity contribution is 6.10. The Morgan fingerprint density at radius 3 is 2.31 bits per heavy atom. The van der Waals surface area contributed by atoms with E-state index >= 15 is 0 Å². The molecule has 0 saturated carbocycles. The van der Waals surface area contributed by atoms with Crippen LogP contribution in [-0.2, 0) is 4.74 Å². The normalized spacial score (nSPS) is 13.4. The first kappa shape index (κ1) is 11.6. The van der Waals surface area contributed by atoms with E-state index in [9.17, 15) is 0 Å². The third-order valence-electron chi connectivity index (χ3n) is 1.68. The Kier molecular flexibility index (Phi) is 4.66. The highest BCUT2D eigenvalue weighted by Gasteiger charge is 2.08. The van der Waals surface area contributed by atoms with E-state index in [2.05, 4.69) is 17.1 Å². The minimum absolute atomic E-state index is 0.497. The smallest absolute Gasteiger partial charge is 0.139 e. The first-order valence-corrected chi connectivity index (χ1v) is 3.95. The molecule has 13 heavy (non-hydrogen) atoms. The van der Waals surface area contributed by atoms with E-state index < -0.39 is 0 Å². The maximum Gasteiger partial charge on any atom is 0.139 e. The molecule has 0 aliphatic carbocycles. The second-order valence-electron chi connectivity index (χ2n) is 2.62. The van der Waals surface area contributed by atoms with Gasteiger partial charge in [-0.1, -0.05) is 6.58 Å². The van der Waals surface area contributed by atoms with E-state index in [1.807, 2.05) is 13.8 Å². The monoisotopic (exact) mass is 183 g/mol. The van der Waals surface area contributed by atoms with Gasteiger partial charge in [-0.25, -0.2) is 0 Å². The largest absolute Gasteiger partial charge is 0.495 e. The molecule has 0 fully saturated rings. The molecule has 0 saturated heterocycles. The van der Waals surface area contributed by atoms with Crippen molar-refractivity contribution >= 4 is 5.71 Å². The van der Waals surface area contributed by atoms with Crippen LogP contribution in [0.2, 0.25) is 0 Å². The van der Waals surface area contributed by atoms with Gasteiger partial charge in [-0.15, -0.1) is 0 Å². The molecule has 0 rings (SSSR count). The number of hydrogen-bond donors (Lipinski definition) is 2. The minimum atomic E-state index is 0.497. The maximum absolute atomic E-state index is 5.63. The zero-order valence-corrected chi connectivity index (χ0v) is 8.64. The van der Waals surface area contributed by atoms with E-state index in [4.69, 9.17) is 10.5 Å². The highest BCUT2D eigenvalue weighted by atomic mass is 16.5. The first-order chi connectivity index (χ1) is 6.04. The summed E-state index contributed by atoms with van der Waals surface area (Å²) in [4.78, 5) is 0. The third kappa shape index (κ3) is 3.19. The van der Waals surface area contributed by atoms with Gasteiger partial charge in [-0.05, 0) is 19.4 Å². The fourth-order valence-electron chi connectivity index (χ4n) is 0.751. The van der Waals surface area contributed by atoms with Crippen molar-refractivity contribution in [2.24, 2.45) is 10.8 Å². The van der Waals surface area contributed by atoms with Crippen LogP contribution in [-0.4, -0.2) is 19.9 Å². The van der Waals surface area contributed by atoms with Crippen LogP contribution < -0.4 is 11.2 Å². The van der Waals surface area contributed by atoms with Gasteiger partial charge in [0.1, 0.15) is 11.5 Å². The number of methoxy groups -OCH3 is 1. The molecule has 0 bridgehead atoms. The number of hydrogen-bond acceptors (Lipinski definition) is 4. The molecule has 0 aliphatic rings. The Balaban J connectivity index is 4.95. The van der Waals surface area contributed by atoms with Crippen LogP contribution in [0.4, 0.5) is 0 Å². The number of allylic oxidation sites excluding steroid dienone is 2. The van der Waals surface area contributed by atoms with Gasteiger partial charge in [0.15, 0.2) is 0 Å². The summed E-state index contributed by atoms with van der Waals surface area (Å²) in [5.41, 5.74) is 10.5. The van der Waals surface area contributed by atoms with Crippen molar-refractivity contribution in [3.05, 3.63) is 23.6 Å². The van der Waals surface area contributed by atoms with Crippen molar-refractivity contribution in [1.82, 2.24) is 5.43 Å². The average molecular weight is 183 g/mol. The highest BCUT2D eigenvalue weighted by Crippen LogP contribution is 2.08. The Labute approximate surface area is 79.1 Å². The Morgan fingerprint density at radius 2 is 2.00 bits per heavy atom. The van der Waals surface area contributed by atoms with E-state index in [-0.39, 0.29) is 0 Å². The molecule has 0 atom stereocenters. The predicted octanol–water partition coefficient (Wildman–Crippen LogP) is 0.974. The van der Waals surface area contributed by atoms with E-state index in [0.29, 0.717) is 17.2 Å². The molecule has 0 spiro atoms. The van der Waals surface area contributed by atoms with Crippen molar-refractivity contribution in [3.8, 4) is 0 Å². The maximum atomic E-state index is 5.63. The number of nitrogens with two attached hydrogens (primary N) is 1. The van der Waals surface area contributed by atoms with Gasteiger partial charge >= 0.3 is 0 Å². The Morgan fingerprint density at radius 1 is 1.46 bits per heavy atom. The Bertz CT molecular complexity index is 250. The van der Waals surface area contributed by atoms with Crippen molar-refractivity contribution in [2.75, 3.05) is 14.2 Å². The molecule has 0 aromatic rings. The summed E-state index contributed by atoms with van der Waals surface area (Å²) in [6.45, 7) is 7.39. The molecule has 0 unspecified atom stereocenters. The minimum Gasteiger partial charge on any atom is -0.495 e. The van der Waals surface area contributed by atoms with Crippen LogP contribution in [0, 0.1) is 0 Å². The molecule has 0 amide bonds. The third-order valence-corrected chi connectivity index (χ3v) is 1.68. The lowest BCUT2D eigenvalue weighted by molar-refractivity contribution is 0.316. The summed E-state index contributed by atoms with van der Waals surface area (Å²) in [5, 5.41) is 4.02. The summed E-state index contributed by atoms with van der Waals surface area (Å²) in [6, 6.07) is 0. The second-order valence-corrected chi connectivity index (χ2v) is 2.62. The van der Waals surface area contributed by atoms with Gasteiger partial charge in [0, 0.05) is 12.7 Å². The van der Waals surface area contributed by atoms with Gasteiger partial charge in [-0.3, -0.25) is 0 Å². The summed E-state index contributed by atoms with van der Waals surface area (Å²) >= 11 is 0. The van der Waals surface area contributed by atoms with Crippen molar-refractivity contribution < 1.29 is 4.74 Å². The van der Waals surface area contributed by atoms with Gasteiger partial charge < -0.3 is 15.9 Å². The topological polar surface area (TPSA) is 59.6 Å². The molecule has 74 valence electrons. The SMILES string of the molecule is C=C(OC)C(=NNC)C(C)=C(C)N. The van der Waals surface area contributed by atoms with E-state index in [1.54, 1.807) is 14.2 Å². The molecular weight excluding hydrogens is 166 g/mol. The number of hydrazone groups is 1. The fraction of sp³-hybridized carbons (Fsp3) is 0.444. The van der Waals surface area contributed by atoms with Crippen LogP contribution >= 0.6 is 0 Å². The quantitative estimate of drug-likeness (QED) is 0.388. The van der Waals surface area contributed by atoms with Crippen molar-refractivity contribution in [2.45, 2.75) is 13.8 Å². The van der Waals surface area contributed by atoms with Crippen LogP contribution in [0.1, 0.15) is 13.8 Å². The first-order valence-electron chi connectivity index (χ1n) is 3.95. The summed E-state index contributed by atoms with van der Waals surface area (Å²) in [6.07, 6.45) is 0. The lowest BCUT2D eigenvalue weighted by atomic mass is 10.1. The zero-order valence-electron chi connectivity index (χ0n) is 8.64. The van der Waals surface area contributed by atoms with Crippen LogP contribution in [0.25, 0.3) is 0 Å². The second kappa shape index (κ2) is 5.24. The van der Waals surface area contributed by atoms with Crippen molar-refractivity contribution in [3.63, 3.8) is 0 Å². The summed E-state index contributed by atoms with van der Waals surface area (Å²) in [7, 11) is 3.26. The lowest BCUT2D eigenvalue weighted by Gasteiger charge is -2.09. The Hall–Kier alpha value is -1.45.